The Kier molecular flexibility index (Phi) is 48.7. The minimum atomic E-state index is -0.250. The maximum atomic E-state index is 12.1. The molecular formula is C45H93N3O4. The third-order valence-electron chi connectivity index (χ3n) is 10.6. The number of nitrogens with one attached hydrogen (secondary N) is 1. The van der Waals surface area contributed by atoms with Crippen molar-refractivity contribution in [2.45, 2.75) is 226 Å². The van der Waals surface area contributed by atoms with Crippen LogP contribution in [0.2, 0.25) is 0 Å². The second-order valence-corrected chi connectivity index (χ2v) is 15.5. The zero-order valence-corrected chi connectivity index (χ0v) is 35.4. The SMILES string of the molecule is CCCCCCCCCOC(=O)CCCCCCCN(CCCCCCCC(CCCCCCC)CCCCCCCC)CCNCCN.O=CO. The lowest BCUT2D eigenvalue weighted by Gasteiger charge is -2.22. The molecule has 0 amide bonds. The number of rotatable bonds is 42. The van der Waals surface area contributed by atoms with Gasteiger partial charge in [-0.15, -0.1) is 0 Å². The van der Waals surface area contributed by atoms with Gasteiger partial charge in [0.25, 0.3) is 6.47 Å². The second-order valence-electron chi connectivity index (χ2n) is 15.5. The number of carboxylic acid groups (broad SMARTS) is 1. The van der Waals surface area contributed by atoms with Gasteiger partial charge >= 0.3 is 5.97 Å². The van der Waals surface area contributed by atoms with E-state index in [4.69, 9.17) is 20.4 Å². The lowest BCUT2D eigenvalue weighted by molar-refractivity contribution is -0.143. The standard InChI is InChI=1S/C44H91N3O2.CH2O2/c1-4-7-10-13-15-24-31-42-49-44(48)35-28-21-17-23-30-40-47(41-38-46-37-36-45)39-29-22-16-20-27-34-43(32-25-18-12-9-6-3)33-26-19-14-11-8-5-2;2-1-3/h43,46H,4-42,45H2,1-3H3;1H,(H,2,3). The normalized spacial score (nSPS) is 11.8. The van der Waals surface area contributed by atoms with Gasteiger partial charge in [-0.1, -0.05) is 194 Å². The minimum Gasteiger partial charge on any atom is -0.483 e. The summed E-state index contributed by atoms with van der Waals surface area (Å²) < 4.78 is 5.46. The summed E-state index contributed by atoms with van der Waals surface area (Å²) in [7, 11) is 0. The third-order valence-corrected chi connectivity index (χ3v) is 10.6. The van der Waals surface area contributed by atoms with Crippen molar-refractivity contribution in [1.29, 1.82) is 0 Å². The van der Waals surface area contributed by atoms with Crippen LogP contribution in [0.3, 0.4) is 0 Å². The molecule has 0 aliphatic rings. The topological polar surface area (TPSA) is 105 Å². The molecule has 7 heteroatoms. The van der Waals surface area contributed by atoms with Crippen molar-refractivity contribution in [2.24, 2.45) is 11.7 Å². The number of nitrogens with two attached hydrogens (primary N) is 1. The Balaban J connectivity index is 0. The predicted octanol–water partition coefficient (Wildman–Crippen LogP) is 12.2. The Morgan fingerprint density at radius 1 is 0.577 bits per heavy atom. The molecule has 0 rings (SSSR count). The van der Waals surface area contributed by atoms with Crippen LogP contribution in [-0.2, 0) is 14.3 Å². The van der Waals surface area contributed by atoms with Crippen molar-refractivity contribution in [3.8, 4) is 0 Å². The fraction of sp³-hybridized carbons (Fsp3) is 0.956. The van der Waals surface area contributed by atoms with Gasteiger partial charge in [-0.25, -0.2) is 0 Å². The van der Waals surface area contributed by atoms with Gasteiger partial charge in [0, 0.05) is 32.6 Å². The van der Waals surface area contributed by atoms with Crippen molar-refractivity contribution in [3.05, 3.63) is 0 Å². The summed E-state index contributed by atoms with van der Waals surface area (Å²) in [5, 5.41) is 10.4. The molecule has 0 saturated heterocycles. The number of ether oxygens (including phenoxy) is 1. The summed E-state index contributed by atoms with van der Waals surface area (Å²) in [5.74, 6) is 0.991. The molecule has 0 aliphatic heterocycles. The zero-order chi connectivity index (χ0) is 38.4. The van der Waals surface area contributed by atoms with Crippen LogP contribution in [0.25, 0.3) is 0 Å². The highest BCUT2D eigenvalue weighted by atomic mass is 16.5. The van der Waals surface area contributed by atoms with E-state index in [-0.39, 0.29) is 12.4 Å². The molecule has 0 bridgehead atoms. The molecule has 312 valence electrons. The first-order valence-electron chi connectivity index (χ1n) is 23.0. The van der Waals surface area contributed by atoms with Gasteiger partial charge in [0.05, 0.1) is 6.61 Å². The monoisotopic (exact) mass is 740 g/mol. The quantitative estimate of drug-likeness (QED) is 0.0325. The lowest BCUT2D eigenvalue weighted by atomic mass is 9.89. The molecule has 4 N–H and O–H groups in total. The molecule has 0 aromatic carbocycles. The number of nitrogens with zero attached hydrogens (tertiary/aromatic N) is 1. The molecule has 0 spiro atoms. The van der Waals surface area contributed by atoms with Gasteiger partial charge in [0.15, 0.2) is 0 Å². The summed E-state index contributed by atoms with van der Waals surface area (Å²) in [6.45, 7) is 13.5. The molecule has 52 heavy (non-hydrogen) atoms. The molecule has 0 aromatic rings. The largest absolute Gasteiger partial charge is 0.483 e. The highest BCUT2D eigenvalue weighted by Gasteiger charge is 2.10. The lowest BCUT2D eigenvalue weighted by Crippen LogP contribution is -2.35. The molecule has 0 saturated carbocycles. The van der Waals surface area contributed by atoms with Gasteiger partial charge in [0.2, 0.25) is 0 Å². The van der Waals surface area contributed by atoms with E-state index in [1.165, 1.54) is 193 Å². The van der Waals surface area contributed by atoms with Crippen LogP contribution in [0.1, 0.15) is 226 Å². The fourth-order valence-electron chi connectivity index (χ4n) is 7.23. The molecule has 0 aliphatic carbocycles. The predicted molar refractivity (Wildman–Crippen MR) is 226 cm³/mol. The van der Waals surface area contributed by atoms with Crippen LogP contribution in [0.5, 0.6) is 0 Å². The molecular weight excluding hydrogens is 647 g/mol. The van der Waals surface area contributed by atoms with Gasteiger partial charge in [-0.05, 0) is 44.7 Å². The average molecular weight is 740 g/mol. The summed E-state index contributed by atoms with van der Waals surface area (Å²) >= 11 is 0. The van der Waals surface area contributed by atoms with E-state index < -0.39 is 0 Å². The fourth-order valence-corrected chi connectivity index (χ4v) is 7.23. The van der Waals surface area contributed by atoms with E-state index in [9.17, 15) is 4.79 Å². The molecule has 0 heterocycles. The number of esters is 1. The van der Waals surface area contributed by atoms with Crippen LogP contribution in [0, 0.1) is 5.92 Å². The number of unbranched alkanes of at least 4 members (excludes halogenated alkanes) is 23. The minimum absolute atomic E-state index is 0.00734. The summed E-state index contributed by atoms with van der Waals surface area (Å²) in [6.07, 6.45) is 42.4. The van der Waals surface area contributed by atoms with Crippen LogP contribution in [0.15, 0.2) is 0 Å². The summed E-state index contributed by atoms with van der Waals surface area (Å²) in [5.41, 5.74) is 5.70. The van der Waals surface area contributed by atoms with E-state index in [0.29, 0.717) is 19.6 Å². The first kappa shape index (κ1) is 52.9. The number of carbonyl (C=O) groups is 2. The number of carbonyl (C=O) groups excluding carboxylic acids is 1. The Hall–Kier alpha value is -1.18. The second kappa shape index (κ2) is 47.8. The highest BCUT2D eigenvalue weighted by molar-refractivity contribution is 5.69. The van der Waals surface area contributed by atoms with Crippen LogP contribution in [0.4, 0.5) is 0 Å². The van der Waals surface area contributed by atoms with Gasteiger partial charge < -0.3 is 25.8 Å². The Labute approximate surface area is 325 Å². The highest BCUT2D eigenvalue weighted by Crippen LogP contribution is 2.24. The average Bonchev–Trinajstić information content (AvgIpc) is 3.14. The molecule has 0 fully saturated rings. The summed E-state index contributed by atoms with van der Waals surface area (Å²) in [6, 6.07) is 0. The van der Waals surface area contributed by atoms with Gasteiger partial charge in [0.1, 0.15) is 0 Å². The van der Waals surface area contributed by atoms with E-state index in [1.807, 2.05) is 0 Å². The number of hydrogen-bond donors (Lipinski definition) is 3. The van der Waals surface area contributed by atoms with Crippen molar-refractivity contribution in [2.75, 3.05) is 45.9 Å². The maximum Gasteiger partial charge on any atom is 0.305 e. The maximum absolute atomic E-state index is 12.1. The van der Waals surface area contributed by atoms with E-state index in [0.717, 1.165) is 44.8 Å². The van der Waals surface area contributed by atoms with E-state index in [2.05, 4.69) is 31.0 Å². The smallest absolute Gasteiger partial charge is 0.305 e. The van der Waals surface area contributed by atoms with Crippen molar-refractivity contribution in [3.63, 3.8) is 0 Å². The van der Waals surface area contributed by atoms with Gasteiger partial charge in [-0.3, -0.25) is 9.59 Å². The van der Waals surface area contributed by atoms with E-state index in [1.54, 1.807) is 0 Å². The number of hydrogen-bond acceptors (Lipinski definition) is 6. The molecule has 1 unspecified atom stereocenters. The molecule has 1 atom stereocenters. The molecule has 0 radical (unpaired) electrons. The van der Waals surface area contributed by atoms with Crippen molar-refractivity contribution in [1.82, 2.24) is 10.2 Å². The first-order valence-corrected chi connectivity index (χ1v) is 23.0. The molecule has 0 aromatic heterocycles. The molecule has 7 nitrogen and oxygen atoms in total. The van der Waals surface area contributed by atoms with Crippen LogP contribution >= 0.6 is 0 Å². The van der Waals surface area contributed by atoms with Crippen molar-refractivity contribution < 1.29 is 19.4 Å². The Bertz CT molecular complexity index is 681. The summed E-state index contributed by atoms with van der Waals surface area (Å²) in [4.78, 5) is 23.1. The van der Waals surface area contributed by atoms with Crippen molar-refractivity contribution >= 4 is 12.4 Å². The Morgan fingerprint density at radius 2 is 0.962 bits per heavy atom. The Morgan fingerprint density at radius 3 is 1.40 bits per heavy atom. The van der Waals surface area contributed by atoms with Crippen LogP contribution < -0.4 is 11.1 Å². The van der Waals surface area contributed by atoms with E-state index >= 15 is 0 Å². The third kappa shape index (κ3) is 45.0. The zero-order valence-electron chi connectivity index (χ0n) is 35.4. The van der Waals surface area contributed by atoms with Gasteiger partial charge in [-0.2, -0.15) is 0 Å². The first-order chi connectivity index (χ1) is 25.6. The van der Waals surface area contributed by atoms with Crippen LogP contribution in [-0.4, -0.2) is 68.3 Å².